The number of esters is 3. The third kappa shape index (κ3) is 48.3. The van der Waals surface area contributed by atoms with E-state index in [9.17, 15) is 14.4 Å². The highest BCUT2D eigenvalue weighted by atomic mass is 16.6. The second-order valence-corrected chi connectivity index (χ2v) is 15.9. The number of carbonyl (C=O) groups excluding carboxylic acids is 3. The van der Waals surface area contributed by atoms with E-state index in [1.165, 1.54) is 44.9 Å². The normalized spacial score (nSPS) is 13.4. The van der Waals surface area contributed by atoms with Gasteiger partial charge in [-0.15, -0.1) is 0 Å². The van der Waals surface area contributed by atoms with Crippen LogP contribution in [0.3, 0.4) is 0 Å². The summed E-state index contributed by atoms with van der Waals surface area (Å²) < 4.78 is 16.7. The number of ether oxygens (including phenoxy) is 3. The van der Waals surface area contributed by atoms with Crippen molar-refractivity contribution in [2.24, 2.45) is 0 Å². The van der Waals surface area contributed by atoms with Crippen LogP contribution in [0.25, 0.3) is 0 Å². The molecule has 0 aromatic carbocycles. The third-order valence-corrected chi connectivity index (χ3v) is 9.84. The maximum absolute atomic E-state index is 12.8. The fraction of sp³-hybridized carbons (Fsp3) is 0.534. The van der Waals surface area contributed by atoms with Crippen molar-refractivity contribution in [2.75, 3.05) is 13.2 Å². The van der Waals surface area contributed by atoms with Gasteiger partial charge in [-0.3, -0.25) is 14.4 Å². The molecule has 0 N–H and O–H groups in total. The zero-order chi connectivity index (χ0) is 46.5. The molecule has 0 fully saturated rings. The average molecular weight is 881 g/mol. The molecule has 0 spiro atoms. The molecular formula is C58H88O6. The Morgan fingerprint density at radius 3 is 0.969 bits per heavy atom. The van der Waals surface area contributed by atoms with Crippen LogP contribution in [0.5, 0.6) is 0 Å². The summed E-state index contributed by atoms with van der Waals surface area (Å²) >= 11 is 0. The van der Waals surface area contributed by atoms with Gasteiger partial charge in [-0.25, -0.2) is 0 Å². The standard InChI is InChI=1S/C58H88O6/c1-4-7-10-13-16-19-22-25-27-29-31-33-36-39-42-45-48-51-57(60)63-54-55(53-62-56(59)50-47-44-41-38-35-32-24-21-18-15-12-9-6-3)64-58(61)52-49-46-43-40-37-34-30-28-26-23-20-17-14-11-8-5-2/h7,9-10,12-13,15-16,18-19,21-22,24-25,27-37,55H,4-6,8,11,14,17,20,23,26,38-54H2,1-3H3/b10-7+,12-9+,16-13+,18-15+,22-19+,24-21+,27-25+,30-28+,31-29+,35-32+,36-33+,37-34+. The molecule has 1 unspecified atom stereocenters. The summed E-state index contributed by atoms with van der Waals surface area (Å²) in [6.07, 6.45) is 72.6. The van der Waals surface area contributed by atoms with E-state index in [1.54, 1.807) is 0 Å². The Kier molecular flexibility index (Phi) is 47.2. The Balaban J connectivity index is 4.62. The summed E-state index contributed by atoms with van der Waals surface area (Å²) in [6.45, 7) is 6.22. The topological polar surface area (TPSA) is 78.9 Å². The van der Waals surface area contributed by atoms with Crippen molar-refractivity contribution in [3.63, 3.8) is 0 Å². The van der Waals surface area contributed by atoms with Crippen LogP contribution in [-0.4, -0.2) is 37.2 Å². The summed E-state index contributed by atoms with van der Waals surface area (Å²) in [7, 11) is 0. The molecule has 0 aromatic heterocycles. The minimum absolute atomic E-state index is 0.131. The van der Waals surface area contributed by atoms with Crippen LogP contribution in [0.2, 0.25) is 0 Å². The lowest BCUT2D eigenvalue weighted by atomic mass is 10.1. The van der Waals surface area contributed by atoms with E-state index in [2.05, 4.69) is 69.4 Å². The van der Waals surface area contributed by atoms with Crippen LogP contribution in [0.1, 0.15) is 181 Å². The number of allylic oxidation sites excluding steroid dienone is 24. The first-order valence-corrected chi connectivity index (χ1v) is 25.0. The Morgan fingerprint density at radius 2 is 0.609 bits per heavy atom. The first kappa shape index (κ1) is 59.3. The molecule has 0 saturated heterocycles. The minimum atomic E-state index is -0.833. The van der Waals surface area contributed by atoms with Gasteiger partial charge in [-0.2, -0.15) is 0 Å². The van der Waals surface area contributed by atoms with Crippen LogP contribution < -0.4 is 0 Å². The third-order valence-electron chi connectivity index (χ3n) is 9.84. The molecule has 0 aliphatic rings. The quantitative estimate of drug-likeness (QED) is 0.0263. The lowest BCUT2D eigenvalue weighted by molar-refractivity contribution is -0.167. The van der Waals surface area contributed by atoms with Crippen molar-refractivity contribution in [2.45, 2.75) is 187 Å². The number of carbonyl (C=O) groups is 3. The first-order chi connectivity index (χ1) is 31.5. The highest BCUT2D eigenvalue weighted by molar-refractivity contribution is 5.71. The SMILES string of the molecule is CC/C=C/C=C/C=C/C=C/C=C/C=C/CCCCCC(=O)OCC(COC(=O)CCCCC/C=C/C=C/C=C/C=C/CC)OC(=O)CCCCC/C=C/C=C/CCCCCCCCC. The van der Waals surface area contributed by atoms with Crippen molar-refractivity contribution in [3.05, 3.63) is 146 Å². The molecule has 0 amide bonds. The van der Waals surface area contributed by atoms with Gasteiger partial charge in [0.05, 0.1) is 0 Å². The predicted octanol–water partition coefficient (Wildman–Crippen LogP) is 16.5. The zero-order valence-corrected chi connectivity index (χ0v) is 40.5. The van der Waals surface area contributed by atoms with Gasteiger partial charge >= 0.3 is 17.9 Å². The second-order valence-electron chi connectivity index (χ2n) is 15.9. The molecule has 6 heteroatoms. The Hall–Kier alpha value is -4.71. The van der Waals surface area contributed by atoms with Crippen molar-refractivity contribution in [3.8, 4) is 0 Å². The Labute approximate surface area is 391 Å². The molecule has 0 rings (SSSR count). The highest BCUT2D eigenvalue weighted by Gasteiger charge is 2.19. The fourth-order valence-corrected chi connectivity index (χ4v) is 6.12. The highest BCUT2D eigenvalue weighted by Crippen LogP contribution is 2.12. The molecule has 0 aliphatic carbocycles. The van der Waals surface area contributed by atoms with Crippen molar-refractivity contribution >= 4 is 17.9 Å². The van der Waals surface area contributed by atoms with Gasteiger partial charge in [-0.05, 0) is 83.5 Å². The molecule has 6 nitrogen and oxygen atoms in total. The largest absolute Gasteiger partial charge is 0.462 e. The van der Waals surface area contributed by atoms with Crippen molar-refractivity contribution < 1.29 is 28.6 Å². The number of hydrogen-bond donors (Lipinski definition) is 0. The van der Waals surface area contributed by atoms with E-state index in [4.69, 9.17) is 14.2 Å². The van der Waals surface area contributed by atoms with Gasteiger partial charge < -0.3 is 14.2 Å². The van der Waals surface area contributed by atoms with E-state index >= 15 is 0 Å². The van der Waals surface area contributed by atoms with Crippen LogP contribution >= 0.6 is 0 Å². The van der Waals surface area contributed by atoms with E-state index in [0.717, 1.165) is 83.5 Å². The molecule has 1 atom stereocenters. The van der Waals surface area contributed by atoms with Gasteiger partial charge in [0, 0.05) is 19.3 Å². The van der Waals surface area contributed by atoms with Gasteiger partial charge in [0.2, 0.25) is 0 Å². The van der Waals surface area contributed by atoms with Gasteiger partial charge in [0.1, 0.15) is 13.2 Å². The van der Waals surface area contributed by atoms with E-state index in [0.29, 0.717) is 19.3 Å². The summed E-state index contributed by atoms with van der Waals surface area (Å²) in [6, 6.07) is 0. The Bertz CT molecular complexity index is 1480. The molecule has 64 heavy (non-hydrogen) atoms. The number of rotatable bonds is 42. The van der Waals surface area contributed by atoms with E-state index < -0.39 is 6.10 Å². The van der Waals surface area contributed by atoms with Gasteiger partial charge in [0.15, 0.2) is 6.10 Å². The van der Waals surface area contributed by atoms with Crippen molar-refractivity contribution in [1.82, 2.24) is 0 Å². The minimum Gasteiger partial charge on any atom is -0.462 e. The number of hydrogen-bond acceptors (Lipinski definition) is 6. The second kappa shape index (κ2) is 50.9. The van der Waals surface area contributed by atoms with Crippen LogP contribution in [0, 0.1) is 0 Å². The molecule has 0 saturated carbocycles. The summed E-state index contributed by atoms with van der Waals surface area (Å²) in [5.41, 5.74) is 0. The smallest absolute Gasteiger partial charge is 0.306 e. The predicted molar refractivity (Wildman–Crippen MR) is 274 cm³/mol. The molecule has 0 aliphatic heterocycles. The molecule has 0 radical (unpaired) electrons. The lowest BCUT2D eigenvalue weighted by Crippen LogP contribution is -2.30. The summed E-state index contributed by atoms with van der Waals surface area (Å²) in [5.74, 6) is -1.05. The maximum atomic E-state index is 12.8. The van der Waals surface area contributed by atoms with Crippen LogP contribution in [-0.2, 0) is 28.6 Å². The lowest BCUT2D eigenvalue weighted by Gasteiger charge is -2.18. The Morgan fingerprint density at radius 1 is 0.328 bits per heavy atom. The molecular weight excluding hydrogens is 793 g/mol. The summed E-state index contributed by atoms with van der Waals surface area (Å²) in [5, 5.41) is 0. The zero-order valence-electron chi connectivity index (χ0n) is 40.5. The molecule has 0 aromatic rings. The molecule has 0 bridgehead atoms. The van der Waals surface area contributed by atoms with Crippen LogP contribution in [0.4, 0.5) is 0 Å². The average Bonchev–Trinajstić information content (AvgIpc) is 3.29. The molecule has 356 valence electrons. The maximum Gasteiger partial charge on any atom is 0.306 e. The number of unbranched alkanes of at least 4 members (excludes halogenated alkanes) is 16. The van der Waals surface area contributed by atoms with Crippen molar-refractivity contribution in [1.29, 1.82) is 0 Å². The monoisotopic (exact) mass is 881 g/mol. The van der Waals surface area contributed by atoms with Crippen LogP contribution in [0.15, 0.2) is 146 Å². The first-order valence-electron chi connectivity index (χ1n) is 25.0. The van der Waals surface area contributed by atoms with E-state index in [1.807, 2.05) is 97.2 Å². The van der Waals surface area contributed by atoms with Gasteiger partial charge in [0.25, 0.3) is 0 Å². The summed E-state index contributed by atoms with van der Waals surface area (Å²) in [4.78, 5) is 37.9. The van der Waals surface area contributed by atoms with Gasteiger partial charge in [-0.1, -0.05) is 224 Å². The molecule has 0 heterocycles. The fourth-order valence-electron chi connectivity index (χ4n) is 6.12. The van der Waals surface area contributed by atoms with E-state index in [-0.39, 0.29) is 44.0 Å².